The Morgan fingerprint density at radius 2 is 1.88 bits per heavy atom. The van der Waals surface area contributed by atoms with Crippen molar-refractivity contribution in [2.24, 2.45) is 5.92 Å². The number of rotatable bonds is 11. The second-order valence-electron chi connectivity index (χ2n) is 8.16. The summed E-state index contributed by atoms with van der Waals surface area (Å²) in [4.78, 5) is 6.52. The molecule has 32 heavy (non-hydrogen) atoms. The monoisotopic (exact) mass is 449 g/mol. The molecule has 3 rings (SSSR count). The van der Waals surface area contributed by atoms with Crippen LogP contribution in [0.15, 0.2) is 60.8 Å². The number of nitrogens with one attached hydrogen (secondary N) is 1. The van der Waals surface area contributed by atoms with Gasteiger partial charge in [0.1, 0.15) is 19.4 Å². The van der Waals surface area contributed by atoms with Crippen molar-refractivity contribution >= 4 is 36.4 Å². The average molecular weight is 450 g/mol. The largest absolute Gasteiger partial charge is 0.491 e. The zero-order valence-electron chi connectivity index (χ0n) is 18.8. The van der Waals surface area contributed by atoms with Gasteiger partial charge in [0.15, 0.2) is 0 Å². The third-order valence-corrected chi connectivity index (χ3v) is 5.05. The molecular formula is C25H29BClN3O2. The zero-order valence-corrected chi connectivity index (χ0v) is 19.6. The lowest BCUT2D eigenvalue weighted by molar-refractivity contribution is 0.0575. The predicted molar refractivity (Wildman–Crippen MR) is 133 cm³/mol. The standard InChI is InChI=1S/C25H29BClN3O2/c1-18-11-22(26)25(28-13-18)29-23-12-21(27)9-10-24(23)32-17-20(14-30(2)3)16-31-15-19-7-5-4-6-8-19/h4-13,20H,14-17H2,1-3H3,(H,28,29)/t20-/m0/s1. The first kappa shape index (κ1) is 24.1. The number of hydrogen-bond acceptors (Lipinski definition) is 5. The molecule has 0 aliphatic heterocycles. The normalized spacial score (nSPS) is 12.0. The fourth-order valence-electron chi connectivity index (χ4n) is 3.34. The minimum absolute atomic E-state index is 0.194. The van der Waals surface area contributed by atoms with E-state index in [1.54, 1.807) is 12.3 Å². The Balaban J connectivity index is 1.65. The Labute approximate surface area is 197 Å². The summed E-state index contributed by atoms with van der Waals surface area (Å²) in [5.41, 5.74) is 3.44. The van der Waals surface area contributed by atoms with Gasteiger partial charge in [-0.15, -0.1) is 0 Å². The van der Waals surface area contributed by atoms with Crippen LogP contribution in [0.25, 0.3) is 0 Å². The van der Waals surface area contributed by atoms with Crippen LogP contribution in [0.3, 0.4) is 0 Å². The van der Waals surface area contributed by atoms with Crippen molar-refractivity contribution < 1.29 is 9.47 Å². The van der Waals surface area contributed by atoms with Gasteiger partial charge in [0.25, 0.3) is 0 Å². The molecule has 1 aromatic heterocycles. The van der Waals surface area contributed by atoms with Gasteiger partial charge >= 0.3 is 0 Å². The van der Waals surface area contributed by atoms with Crippen LogP contribution in [0.2, 0.25) is 5.02 Å². The highest BCUT2D eigenvalue weighted by atomic mass is 35.5. The molecule has 0 bridgehead atoms. The third-order valence-electron chi connectivity index (χ3n) is 4.81. The van der Waals surface area contributed by atoms with E-state index < -0.39 is 0 Å². The van der Waals surface area contributed by atoms with Gasteiger partial charge in [0, 0.05) is 23.7 Å². The summed E-state index contributed by atoms with van der Waals surface area (Å²) in [6.07, 6.45) is 1.76. The number of benzene rings is 2. The van der Waals surface area contributed by atoms with Crippen molar-refractivity contribution in [3.8, 4) is 5.75 Å². The van der Waals surface area contributed by atoms with Crippen LogP contribution in [-0.4, -0.2) is 51.6 Å². The molecular weight excluding hydrogens is 421 g/mol. The van der Waals surface area contributed by atoms with Gasteiger partial charge in [-0.2, -0.15) is 0 Å². The predicted octanol–water partition coefficient (Wildman–Crippen LogP) is 4.35. The van der Waals surface area contributed by atoms with E-state index in [2.05, 4.69) is 27.3 Å². The fourth-order valence-corrected chi connectivity index (χ4v) is 3.52. The molecule has 1 heterocycles. The van der Waals surface area contributed by atoms with E-state index in [0.29, 0.717) is 41.9 Å². The number of halogens is 1. The summed E-state index contributed by atoms with van der Waals surface area (Å²) in [7, 11) is 10.2. The van der Waals surface area contributed by atoms with Crippen molar-refractivity contribution in [3.05, 3.63) is 76.9 Å². The van der Waals surface area contributed by atoms with Crippen LogP contribution >= 0.6 is 11.6 Å². The van der Waals surface area contributed by atoms with Crippen LogP contribution in [0.1, 0.15) is 11.1 Å². The molecule has 2 aromatic carbocycles. The van der Waals surface area contributed by atoms with Crippen molar-refractivity contribution in [3.63, 3.8) is 0 Å². The average Bonchev–Trinajstić information content (AvgIpc) is 2.75. The highest BCUT2D eigenvalue weighted by Gasteiger charge is 2.14. The second kappa shape index (κ2) is 11.9. The van der Waals surface area contributed by atoms with Gasteiger partial charge in [-0.05, 0) is 50.3 Å². The lowest BCUT2D eigenvalue weighted by Crippen LogP contribution is -2.30. The number of nitrogens with zero attached hydrogens (tertiary/aromatic N) is 2. The van der Waals surface area contributed by atoms with Crippen LogP contribution in [0, 0.1) is 12.8 Å². The van der Waals surface area contributed by atoms with Crippen molar-refractivity contribution in [1.82, 2.24) is 9.88 Å². The highest BCUT2D eigenvalue weighted by Crippen LogP contribution is 2.30. The summed E-state index contributed by atoms with van der Waals surface area (Å²) in [5, 5.41) is 3.85. The van der Waals surface area contributed by atoms with Crippen LogP contribution < -0.4 is 15.5 Å². The van der Waals surface area contributed by atoms with E-state index in [-0.39, 0.29) is 5.92 Å². The smallest absolute Gasteiger partial charge is 0.142 e. The molecule has 1 N–H and O–H groups in total. The molecule has 0 spiro atoms. The SMILES string of the molecule is [B]c1cc(C)cnc1Nc1cc(Cl)ccc1OC[C@H](COCc1ccccc1)CN(C)C. The Bertz CT molecular complexity index is 1000. The number of ether oxygens (including phenoxy) is 2. The minimum atomic E-state index is 0.194. The van der Waals surface area contributed by atoms with Gasteiger partial charge in [0.2, 0.25) is 0 Å². The molecule has 0 unspecified atom stereocenters. The second-order valence-corrected chi connectivity index (χ2v) is 8.59. The lowest BCUT2D eigenvalue weighted by Gasteiger charge is -2.22. The molecule has 2 radical (unpaired) electrons. The molecule has 0 fully saturated rings. The van der Waals surface area contributed by atoms with Crippen molar-refractivity contribution in [2.75, 3.05) is 39.2 Å². The summed E-state index contributed by atoms with van der Waals surface area (Å²) < 4.78 is 12.2. The Morgan fingerprint density at radius 3 is 2.59 bits per heavy atom. The molecule has 0 aliphatic carbocycles. The quantitative estimate of drug-likeness (QED) is 0.441. The lowest BCUT2D eigenvalue weighted by atomic mass is 9.95. The number of pyridine rings is 1. The minimum Gasteiger partial charge on any atom is -0.491 e. The Kier molecular flexibility index (Phi) is 8.97. The summed E-state index contributed by atoms with van der Waals surface area (Å²) >= 11 is 6.23. The van der Waals surface area contributed by atoms with Gasteiger partial charge in [-0.25, -0.2) is 4.98 Å². The van der Waals surface area contributed by atoms with E-state index >= 15 is 0 Å². The molecule has 0 amide bonds. The van der Waals surface area contributed by atoms with Gasteiger partial charge in [-0.3, -0.25) is 0 Å². The molecule has 3 aromatic rings. The summed E-state index contributed by atoms with van der Waals surface area (Å²) in [5.74, 6) is 1.45. The number of aryl methyl sites for hydroxylation is 1. The molecule has 7 heteroatoms. The Hall–Kier alpha value is -2.54. The van der Waals surface area contributed by atoms with E-state index in [1.165, 1.54) is 0 Å². The Morgan fingerprint density at radius 1 is 1.09 bits per heavy atom. The van der Waals surface area contributed by atoms with Crippen molar-refractivity contribution in [1.29, 1.82) is 0 Å². The molecule has 1 atom stereocenters. The number of hydrogen-bond donors (Lipinski definition) is 1. The number of anilines is 2. The van der Waals surface area contributed by atoms with E-state index in [0.717, 1.165) is 23.4 Å². The first-order valence-corrected chi connectivity index (χ1v) is 11.0. The molecule has 0 saturated heterocycles. The van der Waals surface area contributed by atoms with Gasteiger partial charge < -0.3 is 19.7 Å². The third kappa shape index (κ3) is 7.55. The zero-order chi connectivity index (χ0) is 22.9. The maximum Gasteiger partial charge on any atom is 0.142 e. The highest BCUT2D eigenvalue weighted by molar-refractivity contribution is 6.35. The fraction of sp³-hybridized carbons (Fsp3) is 0.320. The van der Waals surface area contributed by atoms with Crippen LogP contribution in [-0.2, 0) is 11.3 Å². The first-order chi connectivity index (χ1) is 15.4. The van der Waals surface area contributed by atoms with Crippen LogP contribution in [0.5, 0.6) is 5.75 Å². The van der Waals surface area contributed by atoms with Crippen LogP contribution in [0.4, 0.5) is 11.5 Å². The maximum atomic E-state index is 6.23. The van der Waals surface area contributed by atoms with Crippen molar-refractivity contribution in [2.45, 2.75) is 13.5 Å². The van der Waals surface area contributed by atoms with E-state index in [4.69, 9.17) is 28.9 Å². The molecule has 166 valence electrons. The molecule has 0 saturated carbocycles. The van der Waals surface area contributed by atoms with E-state index in [1.807, 2.05) is 57.4 Å². The maximum absolute atomic E-state index is 6.23. The van der Waals surface area contributed by atoms with E-state index in [9.17, 15) is 0 Å². The van der Waals surface area contributed by atoms with Gasteiger partial charge in [-0.1, -0.05) is 53.5 Å². The summed E-state index contributed by atoms with van der Waals surface area (Å²) in [6.45, 7) is 4.47. The number of aromatic nitrogens is 1. The first-order valence-electron chi connectivity index (χ1n) is 10.6. The summed E-state index contributed by atoms with van der Waals surface area (Å²) in [6, 6.07) is 17.5. The molecule has 0 aliphatic rings. The topological polar surface area (TPSA) is 46.6 Å². The van der Waals surface area contributed by atoms with Gasteiger partial charge in [0.05, 0.1) is 25.5 Å². The molecule has 5 nitrogen and oxygen atoms in total.